The van der Waals surface area contributed by atoms with Crippen LogP contribution in [-0.2, 0) is 4.79 Å². The van der Waals surface area contributed by atoms with E-state index >= 15 is 0 Å². The summed E-state index contributed by atoms with van der Waals surface area (Å²) in [6.45, 7) is 4.26. The van der Waals surface area contributed by atoms with Crippen LogP contribution < -0.4 is 0 Å². The van der Waals surface area contributed by atoms with Crippen LogP contribution >= 0.6 is 0 Å². The molecule has 128 valence electrons. The van der Waals surface area contributed by atoms with Crippen molar-refractivity contribution >= 4 is 5.78 Å². The maximum atomic E-state index is 12.4. The number of hydrogen-bond acceptors (Lipinski definition) is 4. The van der Waals surface area contributed by atoms with Crippen LogP contribution in [0.15, 0.2) is 11.6 Å². The second-order valence-electron chi connectivity index (χ2n) is 8.86. The fraction of sp³-hybridized carbons (Fsp3) is 0.842. The molecule has 4 aliphatic carbocycles. The standard InChI is InChI=1S/C19H28O4/c1-18-5-3-11(20)7-10(18)8-13(21)16-12(18)4-6-19(2)15(23)9-14(22)17(16)19/h8,11-14,16-17,20-22H,3-7,9H2,1-2H3/t11-,12+,13-,14+,16+,17+,18+,19-/m1/s1. The monoisotopic (exact) mass is 320 g/mol. The summed E-state index contributed by atoms with van der Waals surface area (Å²) in [5.41, 5.74) is 0.709. The van der Waals surface area contributed by atoms with E-state index in [4.69, 9.17) is 0 Å². The fourth-order valence-corrected chi connectivity index (χ4v) is 6.46. The molecule has 3 saturated carbocycles. The number of carbonyl (C=O) groups excluding carboxylic acids is 1. The Labute approximate surface area is 137 Å². The molecule has 4 rings (SSSR count). The quantitative estimate of drug-likeness (QED) is 0.595. The van der Waals surface area contributed by atoms with Gasteiger partial charge < -0.3 is 15.3 Å². The van der Waals surface area contributed by atoms with Gasteiger partial charge in [0.05, 0.1) is 18.3 Å². The molecule has 0 aromatic carbocycles. The van der Waals surface area contributed by atoms with E-state index in [1.54, 1.807) is 0 Å². The van der Waals surface area contributed by atoms with Crippen LogP contribution in [0, 0.1) is 28.6 Å². The van der Waals surface area contributed by atoms with Crippen molar-refractivity contribution in [2.45, 2.75) is 70.7 Å². The lowest BCUT2D eigenvalue weighted by atomic mass is 9.47. The van der Waals surface area contributed by atoms with Crippen molar-refractivity contribution in [2.75, 3.05) is 0 Å². The molecule has 0 unspecified atom stereocenters. The third kappa shape index (κ3) is 1.98. The fourth-order valence-electron chi connectivity index (χ4n) is 6.46. The van der Waals surface area contributed by atoms with E-state index in [-0.39, 0.29) is 35.6 Å². The highest BCUT2D eigenvalue weighted by atomic mass is 16.3. The number of fused-ring (bicyclic) bond motifs is 5. The molecule has 4 heteroatoms. The second-order valence-corrected chi connectivity index (χ2v) is 8.86. The van der Waals surface area contributed by atoms with Crippen LogP contribution in [0.25, 0.3) is 0 Å². The van der Waals surface area contributed by atoms with Crippen LogP contribution in [0.2, 0.25) is 0 Å². The number of Topliss-reactive ketones (excluding diaryl/α,β-unsaturated/α-hetero) is 1. The van der Waals surface area contributed by atoms with Gasteiger partial charge in [0.15, 0.2) is 0 Å². The van der Waals surface area contributed by atoms with Gasteiger partial charge in [0.1, 0.15) is 5.78 Å². The van der Waals surface area contributed by atoms with E-state index in [1.165, 1.54) is 5.57 Å². The Hall–Kier alpha value is -0.710. The first kappa shape index (κ1) is 15.8. The molecule has 8 atom stereocenters. The smallest absolute Gasteiger partial charge is 0.141 e. The second kappa shape index (κ2) is 4.90. The summed E-state index contributed by atoms with van der Waals surface area (Å²) < 4.78 is 0. The Morgan fingerprint density at radius 3 is 2.48 bits per heavy atom. The van der Waals surface area contributed by atoms with E-state index in [1.807, 2.05) is 13.0 Å². The first-order chi connectivity index (χ1) is 10.8. The Kier molecular flexibility index (Phi) is 3.37. The summed E-state index contributed by atoms with van der Waals surface area (Å²) in [5, 5.41) is 31.4. The van der Waals surface area contributed by atoms with E-state index in [2.05, 4.69) is 6.92 Å². The van der Waals surface area contributed by atoms with E-state index in [0.29, 0.717) is 12.3 Å². The molecule has 23 heavy (non-hydrogen) atoms. The molecule has 4 aliphatic rings. The molecular weight excluding hydrogens is 292 g/mol. The molecule has 0 saturated heterocycles. The SMILES string of the molecule is C[C@]12CC[C@@H](O)CC1=C[C@@H](O)[C@H]1[C@@H]3[C@@H](O)CC(=O)[C@@]3(C)CC[C@@H]12. The predicted molar refractivity (Wildman–Crippen MR) is 85.5 cm³/mol. The van der Waals surface area contributed by atoms with Gasteiger partial charge in [0, 0.05) is 17.8 Å². The molecule has 3 fully saturated rings. The molecule has 0 heterocycles. The van der Waals surface area contributed by atoms with Crippen LogP contribution in [0.3, 0.4) is 0 Å². The zero-order valence-corrected chi connectivity index (χ0v) is 14.0. The van der Waals surface area contributed by atoms with E-state index in [9.17, 15) is 20.1 Å². The molecule has 0 spiro atoms. The first-order valence-corrected chi connectivity index (χ1v) is 9.06. The van der Waals surface area contributed by atoms with Gasteiger partial charge in [-0.3, -0.25) is 4.79 Å². The molecule has 0 aromatic rings. The molecule has 0 radical (unpaired) electrons. The van der Waals surface area contributed by atoms with Crippen molar-refractivity contribution < 1.29 is 20.1 Å². The van der Waals surface area contributed by atoms with Crippen LogP contribution in [-0.4, -0.2) is 39.4 Å². The van der Waals surface area contributed by atoms with E-state index < -0.39 is 17.6 Å². The minimum Gasteiger partial charge on any atom is -0.393 e. The Bertz CT molecular complexity index is 570. The third-order valence-electron chi connectivity index (χ3n) is 7.81. The lowest BCUT2D eigenvalue weighted by molar-refractivity contribution is -0.138. The van der Waals surface area contributed by atoms with Crippen LogP contribution in [0.4, 0.5) is 0 Å². The maximum absolute atomic E-state index is 12.4. The minimum atomic E-state index is -0.623. The van der Waals surface area contributed by atoms with Gasteiger partial charge in [-0.05, 0) is 49.4 Å². The highest BCUT2D eigenvalue weighted by Gasteiger charge is 2.63. The maximum Gasteiger partial charge on any atom is 0.141 e. The van der Waals surface area contributed by atoms with Crippen molar-refractivity contribution in [1.29, 1.82) is 0 Å². The molecule has 4 nitrogen and oxygen atoms in total. The molecule has 3 N–H and O–H groups in total. The zero-order valence-electron chi connectivity index (χ0n) is 14.0. The normalized spacial score (nSPS) is 55.7. The van der Waals surface area contributed by atoms with Crippen molar-refractivity contribution in [3.05, 3.63) is 11.6 Å². The summed E-state index contributed by atoms with van der Waals surface area (Å²) in [7, 11) is 0. The first-order valence-electron chi connectivity index (χ1n) is 9.06. The predicted octanol–water partition coefficient (Wildman–Crippen LogP) is 1.82. The van der Waals surface area contributed by atoms with Gasteiger partial charge in [-0.25, -0.2) is 0 Å². The van der Waals surface area contributed by atoms with Gasteiger partial charge in [-0.1, -0.05) is 25.5 Å². The molecule has 0 aromatic heterocycles. The lowest BCUT2D eigenvalue weighted by Gasteiger charge is -2.58. The summed E-state index contributed by atoms with van der Waals surface area (Å²) >= 11 is 0. The average molecular weight is 320 g/mol. The number of hydrogen-bond donors (Lipinski definition) is 3. The Morgan fingerprint density at radius 2 is 1.74 bits per heavy atom. The summed E-state index contributed by atoms with van der Waals surface area (Å²) in [5.74, 6) is 0.285. The van der Waals surface area contributed by atoms with Gasteiger partial charge >= 0.3 is 0 Å². The van der Waals surface area contributed by atoms with E-state index in [0.717, 1.165) is 25.7 Å². The summed E-state index contributed by atoms with van der Waals surface area (Å²) in [6, 6.07) is 0. The van der Waals surface area contributed by atoms with Crippen molar-refractivity contribution in [3.8, 4) is 0 Å². The zero-order chi connectivity index (χ0) is 16.6. The number of rotatable bonds is 0. The Morgan fingerprint density at radius 1 is 1.04 bits per heavy atom. The largest absolute Gasteiger partial charge is 0.393 e. The minimum absolute atomic E-state index is 0.00415. The highest BCUT2D eigenvalue weighted by molar-refractivity contribution is 5.88. The van der Waals surface area contributed by atoms with Crippen molar-refractivity contribution in [2.24, 2.45) is 28.6 Å². The molecular formula is C19H28O4. The van der Waals surface area contributed by atoms with Crippen LogP contribution in [0.1, 0.15) is 52.4 Å². The highest BCUT2D eigenvalue weighted by Crippen LogP contribution is 2.63. The number of aliphatic hydroxyl groups is 3. The number of carbonyl (C=O) groups is 1. The number of ketones is 1. The lowest BCUT2D eigenvalue weighted by Crippen LogP contribution is -2.56. The molecule has 0 bridgehead atoms. The third-order valence-corrected chi connectivity index (χ3v) is 7.81. The van der Waals surface area contributed by atoms with Gasteiger partial charge in [0.2, 0.25) is 0 Å². The van der Waals surface area contributed by atoms with Crippen molar-refractivity contribution in [1.82, 2.24) is 0 Å². The van der Waals surface area contributed by atoms with Gasteiger partial charge in [-0.15, -0.1) is 0 Å². The van der Waals surface area contributed by atoms with Crippen LogP contribution in [0.5, 0.6) is 0 Å². The number of aliphatic hydroxyl groups excluding tert-OH is 3. The topological polar surface area (TPSA) is 77.8 Å². The average Bonchev–Trinajstić information content (AvgIpc) is 2.71. The summed E-state index contributed by atoms with van der Waals surface area (Å²) in [4.78, 5) is 12.4. The molecule has 0 amide bonds. The van der Waals surface area contributed by atoms with Gasteiger partial charge in [0.25, 0.3) is 0 Å². The summed E-state index contributed by atoms with van der Waals surface area (Å²) in [6.07, 6.45) is 4.77. The Balaban J connectivity index is 1.77. The molecule has 0 aliphatic heterocycles. The van der Waals surface area contributed by atoms with Gasteiger partial charge in [-0.2, -0.15) is 0 Å². The van der Waals surface area contributed by atoms with Crippen molar-refractivity contribution in [3.63, 3.8) is 0 Å².